The van der Waals surface area contributed by atoms with E-state index in [2.05, 4.69) is 13.8 Å². The summed E-state index contributed by atoms with van der Waals surface area (Å²) in [5, 5.41) is 0. The molecule has 2 atom stereocenters. The maximum atomic E-state index is 13.0. The normalized spacial score (nSPS) is 28.9. The second-order valence-electron chi connectivity index (χ2n) is 7.66. The smallest absolute Gasteiger partial charge is 0.313 e. The maximum Gasteiger partial charge on any atom is 0.313 e. The summed E-state index contributed by atoms with van der Waals surface area (Å²) in [5.74, 6) is -0.284. The zero-order valence-corrected chi connectivity index (χ0v) is 15.5. The van der Waals surface area contributed by atoms with E-state index in [0.717, 1.165) is 12.0 Å². The summed E-state index contributed by atoms with van der Waals surface area (Å²) in [6, 6.07) is 7.00. The highest BCUT2D eigenvalue weighted by Crippen LogP contribution is 2.63. The third-order valence-corrected chi connectivity index (χ3v) is 7.61. The SMILES string of the molecule is CCc1ccc(S(=O)(=O)N2C[C@@H]3C(C)(C)C[C@]3(C(=O)OC)C2)cc1. The van der Waals surface area contributed by atoms with Gasteiger partial charge in [-0.3, -0.25) is 4.79 Å². The average Bonchev–Trinajstić information content (AvgIpc) is 2.90. The van der Waals surface area contributed by atoms with Gasteiger partial charge in [0.15, 0.2) is 0 Å². The van der Waals surface area contributed by atoms with Crippen molar-refractivity contribution in [3.05, 3.63) is 29.8 Å². The fraction of sp³-hybridized carbons (Fsp3) is 0.611. The monoisotopic (exact) mass is 351 g/mol. The van der Waals surface area contributed by atoms with Crippen molar-refractivity contribution in [2.45, 2.75) is 38.5 Å². The molecule has 0 N–H and O–H groups in total. The van der Waals surface area contributed by atoms with E-state index in [9.17, 15) is 13.2 Å². The summed E-state index contributed by atoms with van der Waals surface area (Å²) >= 11 is 0. The van der Waals surface area contributed by atoms with Crippen LogP contribution >= 0.6 is 0 Å². The Hall–Kier alpha value is -1.40. The Morgan fingerprint density at radius 2 is 1.92 bits per heavy atom. The fourth-order valence-corrected chi connectivity index (χ4v) is 6.08. The van der Waals surface area contributed by atoms with Crippen LogP contribution in [-0.2, 0) is 26.0 Å². The van der Waals surface area contributed by atoms with Crippen LogP contribution in [0, 0.1) is 16.7 Å². The highest BCUT2D eigenvalue weighted by molar-refractivity contribution is 7.89. The van der Waals surface area contributed by atoms with Crippen molar-refractivity contribution in [2.24, 2.45) is 16.7 Å². The van der Waals surface area contributed by atoms with Crippen LogP contribution in [0.2, 0.25) is 0 Å². The first-order valence-corrected chi connectivity index (χ1v) is 9.79. The molecule has 3 rings (SSSR count). The van der Waals surface area contributed by atoms with Gasteiger partial charge in [0.1, 0.15) is 0 Å². The number of hydrogen-bond donors (Lipinski definition) is 0. The Kier molecular flexibility index (Phi) is 4.04. The van der Waals surface area contributed by atoms with Crippen molar-refractivity contribution < 1.29 is 17.9 Å². The Balaban J connectivity index is 1.91. The third kappa shape index (κ3) is 2.39. The van der Waals surface area contributed by atoms with Gasteiger partial charge in [0.2, 0.25) is 10.0 Å². The van der Waals surface area contributed by atoms with Crippen LogP contribution in [0.1, 0.15) is 32.8 Å². The van der Waals surface area contributed by atoms with Crippen molar-refractivity contribution in [1.29, 1.82) is 0 Å². The van der Waals surface area contributed by atoms with E-state index in [1.165, 1.54) is 11.4 Å². The number of carbonyl (C=O) groups is 1. The molecule has 0 aromatic heterocycles. The van der Waals surface area contributed by atoms with Crippen molar-refractivity contribution in [3.63, 3.8) is 0 Å². The lowest BCUT2D eigenvalue weighted by Crippen LogP contribution is -2.57. The van der Waals surface area contributed by atoms with Crippen molar-refractivity contribution in [1.82, 2.24) is 4.31 Å². The molecule has 1 aliphatic carbocycles. The van der Waals surface area contributed by atoms with Gasteiger partial charge in [-0.25, -0.2) is 8.42 Å². The average molecular weight is 351 g/mol. The zero-order valence-electron chi connectivity index (χ0n) is 14.7. The minimum atomic E-state index is -3.59. The van der Waals surface area contributed by atoms with E-state index in [1.54, 1.807) is 12.1 Å². The van der Waals surface area contributed by atoms with Gasteiger partial charge in [-0.15, -0.1) is 0 Å². The van der Waals surface area contributed by atoms with Crippen LogP contribution in [0.4, 0.5) is 0 Å². The lowest BCUT2D eigenvalue weighted by atomic mass is 9.48. The topological polar surface area (TPSA) is 63.7 Å². The maximum absolute atomic E-state index is 13.0. The molecule has 1 heterocycles. The van der Waals surface area contributed by atoms with Crippen molar-refractivity contribution >= 4 is 16.0 Å². The largest absolute Gasteiger partial charge is 0.469 e. The van der Waals surface area contributed by atoms with E-state index in [0.29, 0.717) is 17.9 Å². The second-order valence-corrected chi connectivity index (χ2v) is 9.60. The first-order valence-electron chi connectivity index (χ1n) is 8.35. The number of fused-ring (bicyclic) bond motifs is 1. The molecular weight excluding hydrogens is 326 g/mol. The number of rotatable bonds is 4. The Bertz CT molecular complexity index is 754. The van der Waals surface area contributed by atoms with E-state index in [-0.39, 0.29) is 23.8 Å². The molecule has 5 nitrogen and oxygen atoms in total. The quantitative estimate of drug-likeness (QED) is 0.782. The molecular formula is C18H25NO4S. The molecule has 1 aromatic carbocycles. The van der Waals surface area contributed by atoms with Crippen LogP contribution in [0.5, 0.6) is 0 Å². The molecule has 0 bridgehead atoms. The molecule has 132 valence electrons. The van der Waals surface area contributed by atoms with E-state index in [4.69, 9.17) is 4.74 Å². The van der Waals surface area contributed by atoms with Gasteiger partial charge in [0.25, 0.3) is 0 Å². The Morgan fingerprint density at radius 1 is 1.29 bits per heavy atom. The van der Waals surface area contributed by atoms with Crippen LogP contribution in [-0.4, -0.2) is 38.9 Å². The Labute approximate surface area is 144 Å². The molecule has 0 radical (unpaired) electrons. The van der Waals surface area contributed by atoms with Gasteiger partial charge in [0.05, 0.1) is 17.4 Å². The van der Waals surface area contributed by atoms with Crippen LogP contribution < -0.4 is 0 Å². The highest BCUT2D eigenvalue weighted by atomic mass is 32.2. The van der Waals surface area contributed by atoms with E-state index in [1.807, 2.05) is 19.1 Å². The van der Waals surface area contributed by atoms with Crippen LogP contribution in [0.15, 0.2) is 29.2 Å². The molecule has 6 heteroatoms. The summed E-state index contributed by atoms with van der Waals surface area (Å²) in [4.78, 5) is 12.6. The van der Waals surface area contributed by atoms with Crippen molar-refractivity contribution in [2.75, 3.05) is 20.2 Å². The predicted molar refractivity (Wildman–Crippen MR) is 90.9 cm³/mol. The molecule has 1 saturated heterocycles. The van der Waals surface area contributed by atoms with Crippen molar-refractivity contribution in [3.8, 4) is 0 Å². The number of carbonyl (C=O) groups excluding carboxylic acids is 1. The lowest BCUT2D eigenvalue weighted by molar-refractivity contribution is -0.174. The molecule has 1 saturated carbocycles. The van der Waals surface area contributed by atoms with Gasteiger partial charge in [0, 0.05) is 13.1 Å². The van der Waals surface area contributed by atoms with E-state index < -0.39 is 15.4 Å². The first kappa shape index (κ1) is 17.4. The minimum Gasteiger partial charge on any atom is -0.469 e. The molecule has 2 aliphatic rings. The molecule has 1 aromatic rings. The molecule has 0 amide bonds. The first-order chi connectivity index (χ1) is 11.2. The standard InChI is InChI=1S/C18H25NO4S/c1-5-13-6-8-14(9-7-13)24(21,22)19-10-15-17(2,3)11-18(15,12-19)16(20)23-4/h6-9,15H,5,10-12H2,1-4H3/t15-,18+/m1/s1. The van der Waals surface area contributed by atoms with Crippen LogP contribution in [0.25, 0.3) is 0 Å². The minimum absolute atomic E-state index is 0.00198. The number of hydrogen-bond acceptors (Lipinski definition) is 4. The fourth-order valence-electron chi connectivity index (χ4n) is 4.56. The third-order valence-electron chi connectivity index (χ3n) is 5.79. The summed E-state index contributed by atoms with van der Waals surface area (Å²) < 4.78 is 32.4. The Morgan fingerprint density at radius 3 is 2.42 bits per heavy atom. The molecule has 0 unspecified atom stereocenters. The van der Waals surface area contributed by atoms with Gasteiger partial charge < -0.3 is 4.74 Å². The van der Waals surface area contributed by atoms with Gasteiger partial charge in [-0.05, 0) is 41.9 Å². The summed E-state index contributed by atoms with van der Waals surface area (Å²) in [7, 11) is -2.22. The van der Waals surface area contributed by atoms with Crippen LogP contribution in [0.3, 0.4) is 0 Å². The second kappa shape index (κ2) is 5.56. The number of esters is 1. The number of methoxy groups -OCH3 is 1. The zero-order chi connectivity index (χ0) is 17.8. The number of benzene rings is 1. The highest BCUT2D eigenvalue weighted by Gasteiger charge is 2.68. The van der Waals surface area contributed by atoms with Gasteiger partial charge in [-0.2, -0.15) is 4.31 Å². The van der Waals surface area contributed by atoms with E-state index >= 15 is 0 Å². The summed E-state index contributed by atoms with van der Waals surface area (Å²) in [5.41, 5.74) is 0.363. The number of ether oxygens (including phenoxy) is 1. The molecule has 0 spiro atoms. The summed E-state index contributed by atoms with van der Waals surface area (Å²) in [6.07, 6.45) is 1.53. The molecule has 1 aliphatic heterocycles. The molecule has 2 fully saturated rings. The lowest BCUT2D eigenvalue weighted by Gasteiger charge is -2.54. The van der Waals surface area contributed by atoms with Gasteiger partial charge >= 0.3 is 5.97 Å². The number of aryl methyl sites for hydroxylation is 1. The number of sulfonamides is 1. The van der Waals surface area contributed by atoms with Gasteiger partial charge in [-0.1, -0.05) is 32.9 Å². The number of nitrogens with zero attached hydrogens (tertiary/aromatic N) is 1. The predicted octanol–water partition coefficient (Wildman–Crippen LogP) is 2.46. The summed E-state index contributed by atoms with van der Waals surface area (Å²) in [6.45, 7) is 6.80. The molecule has 24 heavy (non-hydrogen) atoms.